The number of nitrogens with zero attached hydrogens (tertiary/aromatic N) is 3. The molecule has 0 fully saturated rings. The van der Waals surface area contributed by atoms with Crippen LogP contribution in [0.15, 0.2) is 35.0 Å². The largest absolute Gasteiger partial charge is 0.508 e. The molecule has 0 bridgehead atoms. The van der Waals surface area contributed by atoms with Gasteiger partial charge < -0.3 is 9.63 Å². The Morgan fingerprint density at radius 2 is 2.00 bits per heavy atom. The second-order valence-corrected chi connectivity index (χ2v) is 4.77. The van der Waals surface area contributed by atoms with E-state index < -0.39 is 5.82 Å². The van der Waals surface area contributed by atoms with Crippen LogP contribution >= 0.6 is 0 Å². The number of aromatic hydroxyl groups is 1. The number of rotatable bonds is 2. The maximum absolute atomic E-state index is 13.8. The van der Waals surface area contributed by atoms with Crippen LogP contribution in [0, 0.1) is 19.7 Å². The summed E-state index contributed by atoms with van der Waals surface area (Å²) in [5, 5.41) is 13.1. The van der Waals surface area contributed by atoms with Crippen molar-refractivity contribution in [1.29, 1.82) is 0 Å². The molecule has 0 aliphatic heterocycles. The molecule has 5 nitrogen and oxygen atoms in total. The number of aromatic nitrogens is 3. The summed E-state index contributed by atoms with van der Waals surface area (Å²) < 4.78 is 18.9. The molecule has 2 aromatic heterocycles. The lowest BCUT2D eigenvalue weighted by atomic mass is 10.1. The fraction of sp³-hybridized carbons (Fsp3) is 0.133. The summed E-state index contributed by atoms with van der Waals surface area (Å²) in [5.74, 6) is -0.440. The number of hydrogen-bond donors (Lipinski definition) is 1. The Labute approximate surface area is 120 Å². The quantitative estimate of drug-likeness (QED) is 0.782. The standard InChI is InChI=1S/C15H12FN3O2/c1-8-5-9(2)13(17-7-8)14-18-15(21-19-14)11-4-3-10(20)6-12(11)16/h3-7,20H,1-2H3. The van der Waals surface area contributed by atoms with E-state index in [9.17, 15) is 9.50 Å². The van der Waals surface area contributed by atoms with E-state index in [1.165, 1.54) is 12.1 Å². The van der Waals surface area contributed by atoms with Crippen LogP contribution in [0.2, 0.25) is 0 Å². The Hall–Kier alpha value is -2.76. The lowest BCUT2D eigenvalue weighted by Crippen LogP contribution is -1.91. The minimum atomic E-state index is -0.626. The van der Waals surface area contributed by atoms with Crippen LogP contribution in [-0.2, 0) is 0 Å². The Balaban J connectivity index is 2.03. The maximum Gasteiger partial charge on any atom is 0.261 e. The van der Waals surface area contributed by atoms with Crippen molar-refractivity contribution in [2.24, 2.45) is 0 Å². The van der Waals surface area contributed by atoms with E-state index >= 15 is 0 Å². The molecule has 106 valence electrons. The van der Waals surface area contributed by atoms with Gasteiger partial charge in [-0.3, -0.25) is 4.98 Å². The van der Waals surface area contributed by atoms with Crippen molar-refractivity contribution >= 4 is 0 Å². The van der Waals surface area contributed by atoms with Gasteiger partial charge in [0.15, 0.2) is 0 Å². The zero-order chi connectivity index (χ0) is 15.0. The Bertz CT molecular complexity index is 748. The molecule has 0 unspecified atom stereocenters. The predicted octanol–water partition coefficient (Wildman–Crippen LogP) is 3.26. The van der Waals surface area contributed by atoms with E-state index in [1.807, 2.05) is 19.9 Å². The van der Waals surface area contributed by atoms with Crippen molar-refractivity contribution in [3.63, 3.8) is 0 Å². The first-order chi connectivity index (χ1) is 10.0. The normalized spacial score (nSPS) is 10.8. The maximum atomic E-state index is 13.8. The van der Waals surface area contributed by atoms with Gasteiger partial charge in [0.25, 0.3) is 5.89 Å². The van der Waals surface area contributed by atoms with Gasteiger partial charge in [-0.15, -0.1) is 0 Å². The topological polar surface area (TPSA) is 72.0 Å². The van der Waals surface area contributed by atoms with Crippen molar-refractivity contribution < 1.29 is 14.0 Å². The van der Waals surface area contributed by atoms with E-state index in [4.69, 9.17) is 4.52 Å². The van der Waals surface area contributed by atoms with Crippen molar-refractivity contribution in [2.75, 3.05) is 0 Å². The summed E-state index contributed by atoms with van der Waals surface area (Å²) in [6, 6.07) is 5.70. The molecular weight excluding hydrogens is 273 g/mol. The molecule has 0 atom stereocenters. The van der Waals surface area contributed by atoms with Gasteiger partial charge in [0.1, 0.15) is 17.3 Å². The van der Waals surface area contributed by atoms with E-state index in [-0.39, 0.29) is 17.2 Å². The van der Waals surface area contributed by atoms with Crippen LogP contribution in [-0.4, -0.2) is 20.2 Å². The van der Waals surface area contributed by atoms with Gasteiger partial charge in [0, 0.05) is 12.3 Å². The molecule has 1 aromatic carbocycles. The lowest BCUT2D eigenvalue weighted by Gasteiger charge is -2.00. The highest BCUT2D eigenvalue weighted by atomic mass is 19.1. The van der Waals surface area contributed by atoms with Crippen molar-refractivity contribution in [3.05, 3.63) is 47.4 Å². The minimum absolute atomic E-state index is 0.0456. The molecule has 0 radical (unpaired) electrons. The Kier molecular flexibility index (Phi) is 3.13. The molecule has 0 aliphatic carbocycles. The zero-order valence-corrected chi connectivity index (χ0v) is 11.5. The predicted molar refractivity (Wildman–Crippen MR) is 74.1 cm³/mol. The fourth-order valence-corrected chi connectivity index (χ4v) is 2.06. The van der Waals surface area contributed by atoms with Crippen LogP contribution < -0.4 is 0 Å². The lowest BCUT2D eigenvalue weighted by molar-refractivity contribution is 0.428. The van der Waals surface area contributed by atoms with Gasteiger partial charge in [-0.05, 0) is 37.1 Å². The minimum Gasteiger partial charge on any atom is -0.508 e. The smallest absolute Gasteiger partial charge is 0.261 e. The van der Waals surface area contributed by atoms with E-state index in [0.29, 0.717) is 11.5 Å². The average molecular weight is 285 g/mol. The molecule has 2 heterocycles. The molecule has 6 heteroatoms. The number of benzene rings is 1. The molecule has 21 heavy (non-hydrogen) atoms. The number of pyridine rings is 1. The van der Waals surface area contributed by atoms with Gasteiger partial charge in [-0.1, -0.05) is 11.2 Å². The molecule has 0 saturated carbocycles. The Morgan fingerprint density at radius 1 is 1.19 bits per heavy atom. The Morgan fingerprint density at radius 3 is 2.71 bits per heavy atom. The van der Waals surface area contributed by atoms with Gasteiger partial charge in [-0.2, -0.15) is 4.98 Å². The number of aryl methyl sites for hydroxylation is 2. The first-order valence-corrected chi connectivity index (χ1v) is 6.31. The monoisotopic (exact) mass is 285 g/mol. The molecule has 0 aliphatic rings. The third kappa shape index (κ3) is 2.47. The summed E-state index contributed by atoms with van der Waals surface area (Å²) in [6.45, 7) is 3.84. The second-order valence-electron chi connectivity index (χ2n) is 4.77. The van der Waals surface area contributed by atoms with E-state index in [1.54, 1.807) is 6.20 Å². The van der Waals surface area contributed by atoms with Crippen LogP contribution in [0.25, 0.3) is 23.0 Å². The first-order valence-electron chi connectivity index (χ1n) is 6.31. The summed E-state index contributed by atoms with van der Waals surface area (Å²) >= 11 is 0. The van der Waals surface area contributed by atoms with Crippen LogP contribution in [0.5, 0.6) is 5.75 Å². The van der Waals surface area contributed by atoms with Crippen LogP contribution in [0.4, 0.5) is 4.39 Å². The van der Waals surface area contributed by atoms with Gasteiger partial charge in [-0.25, -0.2) is 4.39 Å². The number of phenols is 1. The van der Waals surface area contributed by atoms with Crippen molar-refractivity contribution in [1.82, 2.24) is 15.1 Å². The summed E-state index contributed by atoms with van der Waals surface area (Å²) in [5.41, 5.74) is 2.67. The van der Waals surface area contributed by atoms with Crippen molar-refractivity contribution in [3.8, 4) is 28.7 Å². The van der Waals surface area contributed by atoms with Crippen molar-refractivity contribution in [2.45, 2.75) is 13.8 Å². The number of halogens is 1. The SMILES string of the molecule is Cc1cnc(-c2noc(-c3ccc(O)cc3F)n2)c(C)c1. The molecule has 0 saturated heterocycles. The van der Waals surface area contributed by atoms with Gasteiger partial charge in [0.05, 0.1) is 5.56 Å². The van der Waals surface area contributed by atoms with Crippen LogP contribution in [0.1, 0.15) is 11.1 Å². The molecule has 0 spiro atoms. The number of phenolic OH excluding ortho intramolecular Hbond substituents is 1. The zero-order valence-electron chi connectivity index (χ0n) is 11.5. The van der Waals surface area contributed by atoms with Gasteiger partial charge in [0.2, 0.25) is 5.82 Å². The summed E-state index contributed by atoms with van der Waals surface area (Å²) in [6.07, 6.45) is 1.71. The highest BCUT2D eigenvalue weighted by Gasteiger charge is 2.16. The van der Waals surface area contributed by atoms with E-state index in [2.05, 4.69) is 15.1 Å². The molecule has 1 N–H and O–H groups in total. The second kappa shape index (κ2) is 4.97. The fourth-order valence-electron chi connectivity index (χ4n) is 2.06. The highest BCUT2D eigenvalue weighted by molar-refractivity contribution is 5.60. The number of hydrogen-bond acceptors (Lipinski definition) is 5. The first kappa shape index (κ1) is 13.2. The average Bonchev–Trinajstić information content (AvgIpc) is 2.87. The summed E-state index contributed by atoms with van der Waals surface area (Å²) in [4.78, 5) is 8.44. The van der Waals surface area contributed by atoms with E-state index in [0.717, 1.165) is 17.2 Å². The highest BCUT2D eigenvalue weighted by Crippen LogP contribution is 2.27. The molecule has 0 amide bonds. The third-order valence-electron chi connectivity index (χ3n) is 3.04. The van der Waals surface area contributed by atoms with Gasteiger partial charge >= 0.3 is 0 Å². The van der Waals surface area contributed by atoms with Crippen LogP contribution in [0.3, 0.4) is 0 Å². The molecule has 3 aromatic rings. The molecular formula is C15H12FN3O2. The molecule has 3 rings (SSSR count). The third-order valence-corrected chi connectivity index (χ3v) is 3.04. The summed E-state index contributed by atoms with van der Waals surface area (Å²) in [7, 11) is 0.